The molecule has 0 aromatic carbocycles. The van der Waals surface area contributed by atoms with Crippen molar-refractivity contribution in [1.82, 2.24) is 0 Å². The molecule has 4 heteroatoms. The van der Waals surface area contributed by atoms with Gasteiger partial charge in [0.1, 0.15) is 12.4 Å². The number of aldehydes is 1. The third-order valence-electron chi connectivity index (χ3n) is 6.58. The zero-order chi connectivity index (χ0) is 18.3. The van der Waals surface area contributed by atoms with Gasteiger partial charge < -0.3 is 15.3 Å². The van der Waals surface area contributed by atoms with Gasteiger partial charge in [0, 0.05) is 5.92 Å². The normalized spacial score (nSPS) is 45.9. The zero-order valence-electron chi connectivity index (χ0n) is 15.5. The van der Waals surface area contributed by atoms with E-state index >= 15 is 0 Å². The summed E-state index contributed by atoms with van der Waals surface area (Å²) in [6.07, 6.45) is 6.75. The molecule has 0 spiro atoms. The van der Waals surface area contributed by atoms with E-state index in [0.29, 0.717) is 0 Å². The first-order valence-electron chi connectivity index (χ1n) is 8.87. The summed E-state index contributed by atoms with van der Waals surface area (Å²) in [5, 5.41) is 32.5. The number of hydrogen-bond donors (Lipinski definition) is 3. The highest BCUT2D eigenvalue weighted by molar-refractivity contribution is 5.66. The van der Waals surface area contributed by atoms with Gasteiger partial charge in [-0.1, -0.05) is 39.3 Å². The summed E-state index contributed by atoms with van der Waals surface area (Å²) >= 11 is 0. The number of allylic oxidation sites excluding steroid dienone is 3. The lowest BCUT2D eigenvalue weighted by molar-refractivity contribution is -0.255. The van der Waals surface area contributed by atoms with Gasteiger partial charge in [0.15, 0.2) is 0 Å². The van der Waals surface area contributed by atoms with Crippen LogP contribution in [0.2, 0.25) is 0 Å². The Kier molecular flexibility index (Phi) is 5.16. The summed E-state index contributed by atoms with van der Waals surface area (Å²) in [5.74, 6) is -0.401. The van der Waals surface area contributed by atoms with Crippen LogP contribution in [0.3, 0.4) is 0 Å². The van der Waals surface area contributed by atoms with Gasteiger partial charge in [0.2, 0.25) is 0 Å². The Morgan fingerprint density at radius 2 is 1.75 bits per heavy atom. The molecule has 0 aromatic rings. The Morgan fingerprint density at radius 1 is 1.12 bits per heavy atom. The molecule has 4 nitrogen and oxygen atoms in total. The minimum Gasteiger partial charge on any atom is -0.390 e. The lowest BCUT2D eigenvalue weighted by Crippen LogP contribution is -2.69. The number of carbonyl (C=O) groups excluding carboxylic acids is 1. The van der Waals surface area contributed by atoms with Crippen molar-refractivity contribution in [2.45, 2.75) is 71.7 Å². The predicted molar refractivity (Wildman–Crippen MR) is 94.3 cm³/mol. The number of hydrogen-bond acceptors (Lipinski definition) is 4. The molecule has 24 heavy (non-hydrogen) atoms. The molecule has 2 aliphatic rings. The molecule has 136 valence electrons. The van der Waals surface area contributed by atoms with Crippen LogP contribution in [0.1, 0.15) is 53.9 Å². The van der Waals surface area contributed by atoms with Crippen molar-refractivity contribution in [1.29, 1.82) is 0 Å². The fraction of sp³-hybridized carbons (Fsp3) is 0.750. The first kappa shape index (κ1) is 19.4. The summed E-state index contributed by atoms with van der Waals surface area (Å²) in [5.41, 5.74) is -1.04. The van der Waals surface area contributed by atoms with Crippen molar-refractivity contribution >= 4 is 6.29 Å². The molecular formula is C20H32O4. The van der Waals surface area contributed by atoms with Crippen molar-refractivity contribution in [3.63, 3.8) is 0 Å². The number of aliphatic hydroxyl groups excluding tert-OH is 2. The van der Waals surface area contributed by atoms with E-state index in [1.807, 2.05) is 19.1 Å². The summed E-state index contributed by atoms with van der Waals surface area (Å²) in [6.45, 7) is 9.85. The molecule has 1 unspecified atom stereocenters. The van der Waals surface area contributed by atoms with Gasteiger partial charge in [-0.25, -0.2) is 0 Å². The first-order valence-corrected chi connectivity index (χ1v) is 8.87. The van der Waals surface area contributed by atoms with E-state index in [2.05, 4.69) is 20.8 Å². The molecule has 6 atom stereocenters. The van der Waals surface area contributed by atoms with E-state index in [1.54, 1.807) is 6.92 Å². The third kappa shape index (κ3) is 3.00. The van der Waals surface area contributed by atoms with Crippen LogP contribution < -0.4 is 0 Å². The second-order valence-corrected chi connectivity index (χ2v) is 8.87. The average Bonchev–Trinajstić information content (AvgIpc) is 2.44. The molecule has 2 rings (SSSR count). The molecule has 2 fully saturated rings. The minimum atomic E-state index is -1.42. The number of aliphatic hydroxyl groups is 3. The smallest absolute Gasteiger partial charge is 0.143 e. The van der Waals surface area contributed by atoms with Crippen LogP contribution in [0.25, 0.3) is 0 Å². The maximum absolute atomic E-state index is 11.0. The van der Waals surface area contributed by atoms with E-state index in [4.69, 9.17) is 0 Å². The third-order valence-corrected chi connectivity index (χ3v) is 6.58. The van der Waals surface area contributed by atoms with Gasteiger partial charge in [-0.15, -0.1) is 0 Å². The lowest BCUT2D eigenvalue weighted by Gasteiger charge is -2.63. The predicted octanol–water partition coefficient (Wildman–Crippen LogP) is 2.62. The molecule has 2 saturated carbocycles. The summed E-state index contributed by atoms with van der Waals surface area (Å²) < 4.78 is 0. The second kappa shape index (κ2) is 6.40. The first-order chi connectivity index (χ1) is 11.0. The average molecular weight is 336 g/mol. The van der Waals surface area contributed by atoms with Crippen LogP contribution in [-0.4, -0.2) is 39.4 Å². The molecule has 0 heterocycles. The van der Waals surface area contributed by atoms with Crippen molar-refractivity contribution in [3.05, 3.63) is 23.8 Å². The molecule has 0 aliphatic heterocycles. The molecule has 0 radical (unpaired) electrons. The van der Waals surface area contributed by atoms with Crippen LogP contribution in [-0.2, 0) is 4.79 Å². The number of carbonyl (C=O) groups is 1. The molecule has 0 saturated heterocycles. The number of rotatable bonds is 3. The van der Waals surface area contributed by atoms with Gasteiger partial charge in [-0.3, -0.25) is 4.79 Å². The van der Waals surface area contributed by atoms with Crippen molar-refractivity contribution in [2.75, 3.05) is 0 Å². The van der Waals surface area contributed by atoms with Gasteiger partial charge >= 0.3 is 0 Å². The monoisotopic (exact) mass is 336 g/mol. The quantitative estimate of drug-likeness (QED) is 0.421. The van der Waals surface area contributed by atoms with Gasteiger partial charge in [0.25, 0.3) is 0 Å². The Hall–Kier alpha value is -0.970. The van der Waals surface area contributed by atoms with Crippen molar-refractivity contribution in [3.8, 4) is 0 Å². The van der Waals surface area contributed by atoms with E-state index in [9.17, 15) is 20.1 Å². The summed E-state index contributed by atoms with van der Waals surface area (Å²) in [4.78, 5) is 10.6. The van der Waals surface area contributed by atoms with Crippen LogP contribution in [0, 0.1) is 22.7 Å². The number of fused-ring (bicyclic) bond motifs is 1. The SMILES string of the molecule is CC(/C=C/[C@H]1[C@](C)(O)[C@@H](O)[C@H](O)C2C(C)(C)CCC[C@@]21C)=C\C=O. The fourth-order valence-corrected chi connectivity index (χ4v) is 5.53. The maximum Gasteiger partial charge on any atom is 0.143 e. The Bertz CT molecular complexity index is 546. The minimum absolute atomic E-state index is 0.0982. The van der Waals surface area contributed by atoms with Gasteiger partial charge in [0.05, 0.1) is 11.7 Å². The second-order valence-electron chi connectivity index (χ2n) is 8.87. The van der Waals surface area contributed by atoms with E-state index in [1.165, 1.54) is 6.08 Å². The highest BCUT2D eigenvalue weighted by Crippen LogP contribution is 2.62. The Morgan fingerprint density at radius 3 is 2.33 bits per heavy atom. The molecule has 3 N–H and O–H groups in total. The summed E-state index contributed by atoms with van der Waals surface area (Å²) in [6, 6.07) is 0. The molecule has 0 aromatic heterocycles. The van der Waals surface area contributed by atoms with Crippen LogP contribution in [0.4, 0.5) is 0 Å². The Balaban J connectivity index is 2.52. The highest BCUT2D eigenvalue weighted by atomic mass is 16.4. The lowest BCUT2D eigenvalue weighted by atomic mass is 9.44. The molecular weight excluding hydrogens is 304 g/mol. The Labute approximate surface area is 145 Å². The van der Waals surface area contributed by atoms with Gasteiger partial charge in [-0.2, -0.15) is 0 Å². The largest absolute Gasteiger partial charge is 0.390 e. The molecule has 0 bridgehead atoms. The topological polar surface area (TPSA) is 77.8 Å². The van der Waals surface area contributed by atoms with Crippen molar-refractivity contribution in [2.24, 2.45) is 22.7 Å². The highest BCUT2D eigenvalue weighted by Gasteiger charge is 2.64. The van der Waals surface area contributed by atoms with E-state index in [-0.39, 0.29) is 22.7 Å². The van der Waals surface area contributed by atoms with Gasteiger partial charge in [-0.05, 0) is 55.1 Å². The summed E-state index contributed by atoms with van der Waals surface area (Å²) in [7, 11) is 0. The van der Waals surface area contributed by atoms with Crippen LogP contribution >= 0.6 is 0 Å². The van der Waals surface area contributed by atoms with Crippen LogP contribution in [0.15, 0.2) is 23.8 Å². The zero-order valence-corrected chi connectivity index (χ0v) is 15.5. The van der Waals surface area contributed by atoms with E-state index in [0.717, 1.165) is 31.1 Å². The van der Waals surface area contributed by atoms with E-state index < -0.39 is 17.8 Å². The fourth-order valence-electron chi connectivity index (χ4n) is 5.53. The van der Waals surface area contributed by atoms with Crippen molar-refractivity contribution < 1.29 is 20.1 Å². The molecule has 0 amide bonds. The maximum atomic E-state index is 11.0. The molecule has 2 aliphatic carbocycles. The standard InChI is InChI=1S/C20H32O4/c1-13(9-12-21)7-8-14-19(4)11-6-10-18(2,3)16(19)15(22)17(23)20(14,5)24/h7-9,12,14-17,22-24H,6,10-11H2,1-5H3/b8-7+,13-9+/t14-,15-,16?,17+,19-,20+/m1/s1. The van der Waals surface area contributed by atoms with Crippen LogP contribution in [0.5, 0.6) is 0 Å².